The topological polar surface area (TPSA) is 59.9 Å². The van der Waals surface area contributed by atoms with Gasteiger partial charge < -0.3 is 0 Å². The molecule has 3 rings (SSSR count). The SMILES string of the molecule is O=C(Sc1nsc(SC(=O)c2ccccc2)n1)c1ccccc1. The van der Waals surface area contributed by atoms with Crippen molar-refractivity contribution in [2.75, 3.05) is 0 Å². The molecular formula is C16H10N2O2S3. The molecule has 0 radical (unpaired) electrons. The summed E-state index contributed by atoms with van der Waals surface area (Å²) < 4.78 is 4.66. The van der Waals surface area contributed by atoms with Crippen molar-refractivity contribution in [1.29, 1.82) is 0 Å². The minimum Gasteiger partial charge on any atom is -0.281 e. The lowest BCUT2D eigenvalue weighted by molar-refractivity contribution is 0.108. The summed E-state index contributed by atoms with van der Waals surface area (Å²) >= 11 is 3.10. The molecule has 0 unspecified atom stereocenters. The zero-order chi connectivity index (χ0) is 16.1. The van der Waals surface area contributed by atoms with E-state index in [2.05, 4.69) is 9.36 Å². The molecule has 1 aromatic heterocycles. The zero-order valence-corrected chi connectivity index (χ0v) is 14.2. The molecule has 0 atom stereocenters. The molecule has 0 aliphatic carbocycles. The summed E-state index contributed by atoms with van der Waals surface area (Å²) in [4.78, 5) is 28.4. The predicted molar refractivity (Wildman–Crippen MR) is 93.2 cm³/mol. The third-order valence-corrected chi connectivity index (χ3v) is 5.35. The number of carbonyl (C=O) groups is 2. The Kier molecular flexibility index (Phi) is 5.22. The van der Waals surface area contributed by atoms with Gasteiger partial charge in [-0.15, -0.1) is 0 Å². The highest BCUT2D eigenvalue weighted by Crippen LogP contribution is 2.28. The first kappa shape index (κ1) is 15.9. The van der Waals surface area contributed by atoms with Gasteiger partial charge in [-0.2, -0.15) is 4.37 Å². The van der Waals surface area contributed by atoms with Crippen LogP contribution < -0.4 is 0 Å². The summed E-state index contributed by atoms with van der Waals surface area (Å²) in [5.41, 5.74) is 1.21. The minimum atomic E-state index is -0.116. The number of hydrogen-bond acceptors (Lipinski definition) is 7. The molecule has 114 valence electrons. The largest absolute Gasteiger partial charge is 0.281 e. The predicted octanol–water partition coefficient (Wildman–Crippen LogP) is 4.40. The molecule has 4 nitrogen and oxygen atoms in total. The Morgan fingerprint density at radius 1 is 0.783 bits per heavy atom. The highest BCUT2D eigenvalue weighted by atomic mass is 32.2. The van der Waals surface area contributed by atoms with E-state index in [9.17, 15) is 9.59 Å². The number of thioether (sulfide) groups is 2. The third-order valence-electron chi connectivity index (χ3n) is 2.77. The van der Waals surface area contributed by atoms with Gasteiger partial charge in [-0.05, 0) is 35.1 Å². The first-order valence-electron chi connectivity index (χ1n) is 6.60. The number of aromatic nitrogens is 2. The van der Waals surface area contributed by atoms with Gasteiger partial charge in [0, 0.05) is 11.1 Å². The maximum Gasteiger partial charge on any atom is 0.227 e. The van der Waals surface area contributed by atoms with E-state index in [0.29, 0.717) is 20.6 Å². The standard InChI is InChI=1S/C16H10N2O2S3/c19-13(11-7-3-1-4-8-11)21-15-17-16(23-18-15)22-14(20)12-9-5-2-6-10-12/h1-10H. The molecule has 23 heavy (non-hydrogen) atoms. The molecular weight excluding hydrogens is 348 g/mol. The Morgan fingerprint density at radius 2 is 1.30 bits per heavy atom. The van der Waals surface area contributed by atoms with Crippen molar-refractivity contribution < 1.29 is 9.59 Å². The normalized spacial score (nSPS) is 10.4. The van der Waals surface area contributed by atoms with E-state index >= 15 is 0 Å². The maximum absolute atomic E-state index is 12.1. The summed E-state index contributed by atoms with van der Waals surface area (Å²) in [5, 5.41) is 0.161. The van der Waals surface area contributed by atoms with E-state index in [1.165, 1.54) is 0 Å². The van der Waals surface area contributed by atoms with Gasteiger partial charge in [0.05, 0.1) is 0 Å². The van der Waals surface area contributed by atoms with Crippen LogP contribution in [0.25, 0.3) is 0 Å². The fourth-order valence-corrected chi connectivity index (χ4v) is 4.00. The van der Waals surface area contributed by atoms with E-state index in [4.69, 9.17) is 0 Å². The molecule has 0 N–H and O–H groups in total. The highest BCUT2D eigenvalue weighted by molar-refractivity contribution is 8.15. The van der Waals surface area contributed by atoms with Gasteiger partial charge in [0.25, 0.3) is 0 Å². The van der Waals surface area contributed by atoms with E-state index in [1.54, 1.807) is 24.3 Å². The molecule has 0 spiro atoms. The third kappa shape index (κ3) is 4.28. The van der Waals surface area contributed by atoms with Gasteiger partial charge in [0.1, 0.15) is 0 Å². The van der Waals surface area contributed by atoms with Crippen LogP contribution in [-0.2, 0) is 0 Å². The van der Waals surface area contributed by atoms with Crippen molar-refractivity contribution in [3.05, 3.63) is 71.8 Å². The van der Waals surface area contributed by atoms with E-state index in [0.717, 1.165) is 35.1 Å². The van der Waals surface area contributed by atoms with Crippen LogP contribution in [0.5, 0.6) is 0 Å². The quantitative estimate of drug-likeness (QED) is 0.644. The van der Waals surface area contributed by atoms with Crippen LogP contribution in [0.3, 0.4) is 0 Å². The molecule has 0 aliphatic rings. The maximum atomic E-state index is 12.1. The summed E-state index contributed by atoms with van der Waals surface area (Å²) in [6.45, 7) is 0. The van der Waals surface area contributed by atoms with Crippen LogP contribution >= 0.6 is 35.1 Å². The summed E-state index contributed by atoms with van der Waals surface area (Å²) in [6, 6.07) is 18.0. The lowest BCUT2D eigenvalue weighted by atomic mass is 10.2. The molecule has 0 fully saturated rings. The van der Waals surface area contributed by atoms with Crippen LogP contribution in [0, 0.1) is 0 Å². The molecule has 1 heterocycles. The lowest BCUT2D eigenvalue weighted by Crippen LogP contribution is -1.93. The number of benzene rings is 2. The van der Waals surface area contributed by atoms with Crippen LogP contribution in [0.2, 0.25) is 0 Å². The van der Waals surface area contributed by atoms with Crippen molar-refractivity contribution in [3.8, 4) is 0 Å². The molecule has 0 saturated carbocycles. The molecule has 0 bridgehead atoms. The van der Waals surface area contributed by atoms with E-state index in [-0.39, 0.29) is 10.2 Å². The van der Waals surface area contributed by atoms with Gasteiger partial charge in [-0.25, -0.2) is 4.98 Å². The van der Waals surface area contributed by atoms with Crippen LogP contribution in [0.15, 0.2) is 70.2 Å². The van der Waals surface area contributed by atoms with Crippen LogP contribution in [0.4, 0.5) is 0 Å². The van der Waals surface area contributed by atoms with Gasteiger partial charge >= 0.3 is 0 Å². The molecule has 0 saturated heterocycles. The smallest absolute Gasteiger partial charge is 0.227 e. The van der Waals surface area contributed by atoms with Gasteiger partial charge in [-0.1, -0.05) is 60.7 Å². The summed E-state index contributed by atoms with van der Waals surface area (Å²) in [6.07, 6.45) is 0. The van der Waals surface area contributed by atoms with Gasteiger partial charge in [0.2, 0.25) is 15.4 Å². The van der Waals surface area contributed by atoms with Gasteiger partial charge in [-0.3, -0.25) is 9.59 Å². The second-order valence-corrected chi connectivity index (χ2v) is 7.27. The lowest BCUT2D eigenvalue weighted by Gasteiger charge is -1.97. The Balaban J connectivity index is 1.64. The Labute approximate surface area is 145 Å². The van der Waals surface area contributed by atoms with Crippen LogP contribution in [0.1, 0.15) is 20.7 Å². The molecule has 0 amide bonds. The van der Waals surface area contributed by atoms with E-state index in [1.807, 2.05) is 36.4 Å². The van der Waals surface area contributed by atoms with E-state index < -0.39 is 0 Å². The van der Waals surface area contributed by atoms with Gasteiger partial charge in [0.15, 0.2) is 4.34 Å². The molecule has 2 aromatic carbocycles. The van der Waals surface area contributed by atoms with Crippen molar-refractivity contribution in [3.63, 3.8) is 0 Å². The second-order valence-electron chi connectivity index (χ2n) is 4.35. The second kappa shape index (κ2) is 7.54. The minimum absolute atomic E-state index is 0.0901. The average Bonchev–Trinajstić information content (AvgIpc) is 3.03. The fourth-order valence-electron chi connectivity index (χ4n) is 1.71. The molecule has 7 heteroatoms. The number of rotatable bonds is 4. The first-order chi connectivity index (χ1) is 11.2. The summed E-state index contributed by atoms with van der Waals surface area (Å²) in [5.74, 6) is 0. The molecule has 3 aromatic rings. The van der Waals surface area contributed by atoms with Crippen molar-refractivity contribution in [2.45, 2.75) is 9.50 Å². The first-order valence-corrected chi connectivity index (χ1v) is 9.01. The zero-order valence-electron chi connectivity index (χ0n) is 11.7. The number of hydrogen-bond donors (Lipinski definition) is 0. The van der Waals surface area contributed by atoms with Crippen LogP contribution in [-0.4, -0.2) is 19.6 Å². The van der Waals surface area contributed by atoms with Crippen molar-refractivity contribution >= 4 is 45.3 Å². The Hall–Kier alpha value is -1.96. The highest BCUT2D eigenvalue weighted by Gasteiger charge is 2.15. The Bertz CT molecular complexity index is 752. The number of carbonyl (C=O) groups excluding carboxylic acids is 2. The summed E-state index contributed by atoms with van der Waals surface area (Å²) in [7, 11) is 0. The Morgan fingerprint density at radius 3 is 1.87 bits per heavy atom. The number of nitrogens with zero attached hydrogens (tertiary/aromatic N) is 2. The monoisotopic (exact) mass is 358 g/mol. The van der Waals surface area contributed by atoms with Crippen molar-refractivity contribution in [2.24, 2.45) is 0 Å². The van der Waals surface area contributed by atoms with Crippen molar-refractivity contribution in [1.82, 2.24) is 9.36 Å². The molecule has 0 aliphatic heterocycles. The fraction of sp³-hybridized carbons (Fsp3) is 0. The average molecular weight is 358 g/mol.